The molecule has 0 radical (unpaired) electrons. The summed E-state index contributed by atoms with van der Waals surface area (Å²) in [7, 11) is 0. The van der Waals surface area contributed by atoms with E-state index in [4.69, 9.17) is 4.74 Å². The first-order valence-electron chi connectivity index (χ1n) is 11.7. The Hall–Kier alpha value is -3.16. The molecule has 1 fully saturated rings. The number of nitrogens with one attached hydrogen (secondary N) is 2. The molecular formula is C28H29F3N2O2. The Kier molecular flexibility index (Phi) is 7.57. The largest absolute Gasteiger partial charge is 0.360 e. The van der Waals surface area contributed by atoms with Crippen molar-refractivity contribution >= 4 is 11.6 Å². The Bertz CT molecular complexity index is 1150. The zero-order chi connectivity index (χ0) is 25.0. The maximum absolute atomic E-state index is 14.7. The number of benzene rings is 3. The molecule has 4 rings (SSSR count). The summed E-state index contributed by atoms with van der Waals surface area (Å²) in [6.45, 7) is 4.41. The Morgan fingerprint density at radius 1 is 1.03 bits per heavy atom. The van der Waals surface area contributed by atoms with Crippen molar-refractivity contribution in [2.24, 2.45) is 0 Å². The van der Waals surface area contributed by atoms with Crippen LogP contribution in [-0.2, 0) is 16.0 Å². The SMILES string of the molecule is CC1(C)N[C@@H](CCc2c(F)cccc2NC(=O)CC(c2cccc(F)c2)c2cccc(F)c2)CO1. The van der Waals surface area contributed by atoms with E-state index in [0.29, 0.717) is 41.8 Å². The predicted octanol–water partition coefficient (Wildman–Crippen LogP) is 5.92. The number of rotatable bonds is 8. The van der Waals surface area contributed by atoms with Crippen LogP contribution < -0.4 is 10.6 Å². The number of ether oxygens (including phenoxy) is 1. The van der Waals surface area contributed by atoms with Crippen LogP contribution in [0.25, 0.3) is 0 Å². The first-order chi connectivity index (χ1) is 16.7. The van der Waals surface area contributed by atoms with E-state index in [1.165, 1.54) is 30.3 Å². The lowest BCUT2D eigenvalue weighted by molar-refractivity contribution is -0.116. The fraction of sp³-hybridized carbons (Fsp3) is 0.321. The van der Waals surface area contributed by atoms with Crippen molar-refractivity contribution in [2.75, 3.05) is 11.9 Å². The summed E-state index contributed by atoms with van der Waals surface area (Å²) in [6, 6.07) is 16.5. The minimum absolute atomic E-state index is 0.0604. The lowest BCUT2D eigenvalue weighted by Gasteiger charge is -2.20. The normalized spacial score (nSPS) is 17.0. The third-order valence-corrected chi connectivity index (χ3v) is 6.22. The van der Waals surface area contributed by atoms with Gasteiger partial charge >= 0.3 is 0 Å². The third kappa shape index (κ3) is 6.50. The molecule has 3 aromatic rings. The molecule has 0 bridgehead atoms. The second kappa shape index (κ2) is 10.6. The molecule has 0 saturated carbocycles. The summed E-state index contributed by atoms with van der Waals surface area (Å²) in [5.74, 6) is -2.22. The van der Waals surface area contributed by atoms with Gasteiger partial charge in [0.15, 0.2) is 0 Å². The molecule has 3 aromatic carbocycles. The topological polar surface area (TPSA) is 50.4 Å². The van der Waals surface area contributed by atoms with Gasteiger partial charge in [0.05, 0.1) is 6.61 Å². The van der Waals surface area contributed by atoms with Gasteiger partial charge in [-0.1, -0.05) is 30.3 Å². The maximum atomic E-state index is 14.7. The van der Waals surface area contributed by atoms with Crippen molar-refractivity contribution in [3.63, 3.8) is 0 Å². The second-order valence-electron chi connectivity index (χ2n) is 9.38. The highest BCUT2D eigenvalue weighted by atomic mass is 19.1. The van der Waals surface area contributed by atoms with Crippen LogP contribution in [0.5, 0.6) is 0 Å². The zero-order valence-corrected chi connectivity index (χ0v) is 19.8. The molecule has 0 aromatic heterocycles. The van der Waals surface area contributed by atoms with E-state index in [2.05, 4.69) is 10.6 Å². The maximum Gasteiger partial charge on any atom is 0.225 e. The van der Waals surface area contributed by atoms with Crippen molar-refractivity contribution in [1.82, 2.24) is 5.32 Å². The van der Waals surface area contributed by atoms with Crippen LogP contribution in [0.2, 0.25) is 0 Å². The Morgan fingerprint density at radius 3 is 2.23 bits per heavy atom. The van der Waals surface area contributed by atoms with Crippen molar-refractivity contribution in [3.05, 3.63) is 101 Å². The van der Waals surface area contributed by atoms with Gasteiger partial charge in [-0.3, -0.25) is 10.1 Å². The first-order valence-corrected chi connectivity index (χ1v) is 11.7. The summed E-state index contributed by atoms with van der Waals surface area (Å²) in [5, 5.41) is 6.18. The lowest BCUT2D eigenvalue weighted by atomic mass is 9.88. The van der Waals surface area contributed by atoms with Crippen molar-refractivity contribution < 1.29 is 22.7 Å². The van der Waals surface area contributed by atoms with Gasteiger partial charge in [-0.2, -0.15) is 0 Å². The van der Waals surface area contributed by atoms with E-state index < -0.39 is 29.1 Å². The van der Waals surface area contributed by atoms with Crippen molar-refractivity contribution in [3.8, 4) is 0 Å². The monoisotopic (exact) mass is 482 g/mol. The van der Waals surface area contributed by atoms with Crippen molar-refractivity contribution in [2.45, 2.75) is 50.8 Å². The Labute approximate surface area is 203 Å². The van der Waals surface area contributed by atoms with Gasteiger partial charge in [-0.05, 0) is 74.2 Å². The van der Waals surface area contributed by atoms with Gasteiger partial charge in [0.2, 0.25) is 5.91 Å². The second-order valence-corrected chi connectivity index (χ2v) is 9.38. The minimum Gasteiger partial charge on any atom is -0.360 e. The average molecular weight is 483 g/mol. The van der Waals surface area contributed by atoms with Gasteiger partial charge in [0.25, 0.3) is 0 Å². The predicted molar refractivity (Wildman–Crippen MR) is 130 cm³/mol. The summed E-state index contributed by atoms with van der Waals surface area (Å²) in [4.78, 5) is 13.1. The van der Waals surface area contributed by atoms with Gasteiger partial charge in [-0.25, -0.2) is 13.2 Å². The van der Waals surface area contributed by atoms with Crippen LogP contribution >= 0.6 is 0 Å². The molecular weight excluding hydrogens is 453 g/mol. The number of amides is 1. The minimum atomic E-state index is -0.569. The van der Waals surface area contributed by atoms with E-state index >= 15 is 0 Å². The molecule has 0 unspecified atom stereocenters. The van der Waals surface area contributed by atoms with Gasteiger partial charge in [-0.15, -0.1) is 0 Å². The standard InChI is InChI=1S/C28H29F3N2O2/c1-28(2)33-22(17-35-28)12-13-23-25(31)10-5-11-26(23)32-27(34)16-24(18-6-3-8-20(29)14-18)19-7-4-9-21(30)15-19/h3-11,14-15,22,24,33H,12-13,16-17H2,1-2H3,(H,32,34)/t22-/m0/s1. The van der Waals surface area contributed by atoms with E-state index in [1.54, 1.807) is 36.4 Å². The number of carbonyl (C=O) groups is 1. The van der Waals surface area contributed by atoms with Gasteiger partial charge < -0.3 is 10.1 Å². The fourth-order valence-electron chi connectivity index (χ4n) is 4.55. The highest BCUT2D eigenvalue weighted by Crippen LogP contribution is 2.30. The molecule has 1 saturated heterocycles. The number of hydrogen-bond donors (Lipinski definition) is 2. The smallest absolute Gasteiger partial charge is 0.225 e. The first kappa shape index (κ1) is 24.9. The quantitative estimate of drug-likeness (QED) is 0.419. The number of halogens is 3. The molecule has 35 heavy (non-hydrogen) atoms. The number of hydrogen-bond acceptors (Lipinski definition) is 3. The highest BCUT2D eigenvalue weighted by molar-refractivity contribution is 5.92. The molecule has 0 aliphatic carbocycles. The lowest BCUT2D eigenvalue weighted by Crippen LogP contribution is -2.38. The molecule has 7 heteroatoms. The summed E-state index contributed by atoms with van der Waals surface area (Å²) in [5.41, 5.74) is 1.51. The zero-order valence-electron chi connectivity index (χ0n) is 19.8. The van der Waals surface area contributed by atoms with Crippen LogP contribution in [0, 0.1) is 17.5 Å². The van der Waals surface area contributed by atoms with E-state index in [9.17, 15) is 18.0 Å². The molecule has 184 valence electrons. The molecule has 1 amide bonds. The molecule has 1 aliphatic heterocycles. The molecule has 1 atom stereocenters. The summed E-state index contributed by atoms with van der Waals surface area (Å²) < 4.78 is 48.3. The molecule has 0 spiro atoms. The van der Waals surface area contributed by atoms with Gasteiger partial charge in [0.1, 0.15) is 23.2 Å². The fourth-order valence-corrected chi connectivity index (χ4v) is 4.55. The Morgan fingerprint density at radius 2 is 1.66 bits per heavy atom. The molecule has 1 aliphatic rings. The van der Waals surface area contributed by atoms with E-state index in [1.807, 2.05) is 13.8 Å². The van der Waals surface area contributed by atoms with Crippen molar-refractivity contribution in [1.29, 1.82) is 0 Å². The van der Waals surface area contributed by atoms with Crippen LogP contribution in [0.3, 0.4) is 0 Å². The third-order valence-electron chi connectivity index (χ3n) is 6.22. The van der Waals surface area contributed by atoms with Crippen LogP contribution in [0.4, 0.5) is 18.9 Å². The van der Waals surface area contributed by atoms with Crippen LogP contribution in [0.1, 0.15) is 49.3 Å². The molecule has 4 nitrogen and oxygen atoms in total. The Balaban J connectivity index is 1.51. The molecule has 2 N–H and O–H groups in total. The highest BCUT2D eigenvalue weighted by Gasteiger charge is 2.30. The number of carbonyl (C=O) groups excluding carboxylic acids is 1. The van der Waals surface area contributed by atoms with E-state index in [-0.39, 0.29) is 18.4 Å². The number of anilines is 1. The molecule has 1 heterocycles. The van der Waals surface area contributed by atoms with E-state index in [0.717, 1.165) is 0 Å². The summed E-state index contributed by atoms with van der Waals surface area (Å²) >= 11 is 0. The average Bonchev–Trinajstić information content (AvgIpc) is 3.15. The van der Waals surface area contributed by atoms with Crippen LogP contribution in [0.15, 0.2) is 66.7 Å². The van der Waals surface area contributed by atoms with Gasteiger partial charge in [0, 0.05) is 29.6 Å². The van der Waals surface area contributed by atoms with Crippen LogP contribution in [-0.4, -0.2) is 24.3 Å². The summed E-state index contributed by atoms with van der Waals surface area (Å²) in [6.07, 6.45) is 0.994.